The topological polar surface area (TPSA) is 69.9 Å². The molecule has 0 amide bonds. The van der Waals surface area contributed by atoms with Crippen LogP contribution >= 0.6 is 0 Å². The van der Waals surface area contributed by atoms with E-state index in [0.29, 0.717) is 17.5 Å². The van der Waals surface area contributed by atoms with Gasteiger partial charge < -0.3 is 13.4 Å². The summed E-state index contributed by atoms with van der Waals surface area (Å²) in [5, 5.41) is 6.56. The van der Waals surface area contributed by atoms with E-state index in [1.165, 1.54) is 21.9 Å². The molecule has 0 atom stereocenters. The predicted molar refractivity (Wildman–Crippen MR) is 230 cm³/mol. The van der Waals surface area contributed by atoms with E-state index in [2.05, 4.69) is 114 Å². The van der Waals surface area contributed by atoms with Crippen molar-refractivity contribution in [2.24, 2.45) is 0 Å². The van der Waals surface area contributed by atoms with Crippen molar-refractivity contribution in [3.63, 3.8) is 0 Å². The SMILES string of the molecule is c1ccc(-c2ccc3c4ccccc4n(-c4ccc5oc6cc7oc8cc(-c9nc(-c%10ccccc%10)nc(-c%10ccccc%10)n9)ccc8c7cc6c5c4)c3c2)cc1. The van der Waals surface area contributed by atoms with Gasteiger partial charge in [0.25, 0.3) is 0 Å². The third-order valence-electron chi connectivity index (χ3n) is 11.0. The van der Waals surface area contributed by atoms with Crippen LogP contribution in [0.5, 0.6) is 0 Å². The molecule has 4 aromatic heterocycles. The van der Waals surface area contributed by atoms with E-state index in [-0.39, 0.29) is 0 Å². The molecule has 0 bridgehead atoms. The first-order valence-corrected chi connectivity index (χ1v) is 19.0. The standard InChI is InChI=1S/C51H30N4O2/c1-4-12-31(13-5-1)34-20-23-38-37-18-10-11-19-43(37)55(44(38)26-34)36-22-25-45-40(28-36)42-29-41-39-24-21-35(27-46(39)57-47(41)30-48(42)56-45)51-53-49(32-14-6-2-7-15-32)52-50(54-51)33-16-8-3-9-17-33/h1-30H. The number of fused-ring (bicyclic) bond motifs is 9. The first kappa shape index (κ1) is 31.5. The summed E-state index contributed by atoms with van der Waals surface area (Å²) >= 11 is 0. The van der Waals surface area contributed by atoms with E-state index in [9.17, 15) is 0 Å². The molecule has 0 spiro atoms. The molecule has 12 aromatic rings. The summed E-state index contributed by atoms with van der Waals surface area (Å²) in [6.07, 6.45) is 0. The van der Waals surface area contributed by atoms with Gasteiger partial charge in [-0.3, -0.25) is 0 Å². The lowest BCUT2D eigenvalue weighted by molar-refractivity contribution is 0.656. The molecule has 0 unspecified atom stereocenters. The van der Waals surface area contributed by atoms with Gasteiger partial charge in [0.15, 0.2) is 17.5 Å². The van der Waals surface area contributed by atoms with Crippen LogP contribution in [0.1, 0.15) is 0 Å². The van der Waals surface area contributed by atoms with Crippen molar-refractivity contribution in [3.05, 3.63) is 182 Å². The summed E-state index contributed by atoms with van der Waals surface area (Å²) in [6.45, 7) is 0. The molecule has 0 saturated carbocycles. The largest absolute Gasteiger partial charge is 0.456 e. The highest BCUT2D eigenvalue weighted by Gasteiger charge is 2.19. The minimum atomic E-state index is 0.582. The molecule has 266 valence electrons. The quantitative estimate of drug-likeness (QED) is 0.176. The van der Waals surface area contributed by atoms with Gasteiger partial charge in [0.2, 0.25) is 0 Å². The fourth-order valence-corrected chi connectivity index (χ4v) is 8.31. The third-order valence-corrected chi connectivity index (χ3v) is 11.0. The number of para-hydroxylation sites is 1. The van der Waals surface area contributed by atoms with E-state index in [1.807, 2.05) is 72.8 Å². The maximum Gasteiger partial charge on any atom is 0.164 e. The van der Waals surface area contributed by atoms with Crippen LogP contribution in [0.15, 0.2) is 191 Å². The van der Waals surface area contributed by atoms with E-state index in [4.69, 9.17) is 23.8 Å². The predicted octanol–water partition coefficient (Wildman–Crippen LogP) is 13.4. The molecule has 57 heavy (non-hydrogen) atoms. The zero-order chi connectivity index (χ0) is 37.5. The molecule has 6 heteroatoms. The first-order chi connectivity index (χ1) is 28.2. The van der Waals surface area contributed by atoms with Gasteiger partial charge >= 0.3 is 0 Å². The van der Waals surface area contributed by atoms with Crippen molar-refractivity contribution >= 4 is 65.7 Å². The number of hydrogen-bond donors (Lipinski definition) is 0. The van der Waals surface area contributed by atoms with Crippen LogP contribution in [0.4, 0.5) is 0 Å². The molecular weight excluding hydrogens is 701 g/mol. The Kier molecular flexibility index (Phi) is 6.83. The van der Waals surface area contributed by atoms with Crippen molar-refractivity contribution in [1.82, 2.24) is 19.5 Å². The van der Waals surface area contributed by atoms with Crippen LogP contribution in [-0.4, -0.2) is 19.5 Å². The summed E-state index contributed by atoms with van der Waals surface area (Å²) < 4.78 is 15.4. The van der Waals surface area contributed by atoms with E-state index < -0.39 is 0 Å². The van der Waals surface area contributed by atoms with Gasteiger partial charge in [-0.1, -0.05) is 127 Å². The number of rotatable bonds is 5. The second kappa shape index (κ2) is 12.3. The summed E-state index contributed by atoms with van der Waals surface area (Å²) in [5.74, 6) is 1.82. The Balaban J connectivity index is 0.999. The number of benzene rings is 8. The average molecular weight is 731 g/mol. The fourth-order valence-electron chi connectivity index (χ4n) is 8.31. The highest BCUT2D eigenvalue weighted by Crippen LogP contribution is 2.40. The molecule has 8 aromatic carbocycles. The van der Waals surface area contributed by atoms with Gasteiger partial charge in [0, 0.05) is 60.8 Å². The second-order valence-electron chi connectivity index (χ2n) is 14.4. The van der Waals surface area contributed by atoms with Crippen LogP contribution in [0, 0.1) is 0 Å². The smallest absolute Gasteiger partial charge is 0.164 e. The van der Waals surface area contributed by atoms with E-state index >= 15 is 0 Å². The number of aromatic nitrogens is 4. The molecule has 0 aliphatic heterocycles. The van der Waals surface area contributed by atoms with Gasteiger partial charge in [-0.2, -0.15) is 0 Å². The lowest BCUT2D eigenvalue weighted by Gasteiger charge is -2.09. The second-order valence-corrected chi connectivity index (χ2v) is 14.4. The number of furan rings is 2. The lowest BCUT2D eigenvalue weighted by Crippen LogP contribution is -2.00. The maximum absolute atomic E-state index is 6.54. The minimum Gasteiger partial charge on any atom is -0.456 e. The molecule has 6 nitrogen and oxygen atoms in total. The molecule has 0 aliphatic carbocycles. The zero-order valence-corrected chi connectivity index (χ0v) is 30.4. The molecule has 4 heterocycles. The Morgan fingerprint density at radius 1 is 0.298 bits per heavy atom. The Hall–Kier alpha value is -7.83. The monoisotopic (exact) mass is 730 g/mol. The Labute approximate surface area is 325 Å². The van der Waals surface area contributed by atoms with Crippen molar-refractivity contribution in [2.75, 3.05) is 0 Å². The third kappa shape index (κ3) is 5.08. The number of nitrogens with zero attached hydrogens (tertiary/aromatic N) is 4. The first-order valence-electron chi connectivity index (χ1n) is 19.0. The molecule has 0 radical (unpaired) electrons. The van der Waals surface area contributed by atoms with Gasteiger partial charge in [0.05, 0.1) is 11.0 Å². The molecule has 0 fully saturated rings. The molecule has 0 saturated heterocycles. The molecule has 12 rings (SSSR count). The van der Waals surface area contributed by atoms with Gasteiger partial charge in [0.1, 0.15) is 22.3 Å². The highest BCUT2D eigenvalue weighted by atomic mass is 16.3. The van der Waals surface area contributed by atoms with Crippen molar-refractivity contribution in [1.29, 1.82) is 0 Å². The summed E-state index contributed by atoms with van der Waals surface area (Å²) in [5.41, 5.74) is 11.6. The van der Waals surface area contributed by atoms with Gasteiger partial charge in [-0.15, -0.1) is 0 Å². The van der Waals surface area contributed by atoms with Crippen LogP contribution in [0.2, 0.25) is 0 Å². The van der Waals surface area contributed by atoms with Gasteiger partial charge in [-0.05, 0) is 59.7 Å². The van der Waals surface area contributed by atoms with Crippen LogP contribution in [0.3, 0.4) is 0 Å². The van der Waals surface area contributed by atoms with E-state index in [1.54, 1.807) is 0 Å². The Bertz CT molecular complexity index is 3450. The van der Waals surface area contributed by atoms with Crippen molar-refractivity contribution < 1.29 is 8.83 Å². The average Bonchev–Trinajstić information content (AvgIpc) is 3.94. The van der Waals surface area contributed by atoms with Gasteiger partial charge in [-0.25, -0.2) is 15.0 Å². The normalized spacial score (nSPS) is 11.9. The van der Waals surface area contributed by atoms with Crippen LogP contribution in [-0.2, 0) is 0 Å². The molecule has 0 aliphatic rings. The fraction of sp³-hybridized carbons (Fsp3) is 0. The Morgan fingerprint density at radius 3 is 1.54 bits per heavy atom. The van der Waals surface area contributed by atoms with Crippen LogP contribution in [0.25, 0.3) is 117 Å². The van der Waals surface area contributed by atoms with Crippen LogP contribution < -0.4 is 0 Å². The summed E-state index contributed by atoms with van der Waals surface area (Å²) in [7, 11) is 0. The lowest BCUT2D eigenvalue weighted by atomic mass is 10.0. The number of hydrogen-bond acceptors (Lipinski definition) is 5. The molecular formula is C51H30N4O2. The summed E-state index contributed by atoms with van der Waals surface area (Å²) in [6, 6.07) is 62.9. The maximum atomic E-state index is 6.54. The molecule has 0 N–H and O–H groups in total. The Morgan fingerprint density at radius 2 is 0.825 bits per heavy atom. The minimum absolute atomic E-state index is 0.582. The zero-order valence-electron chi connectivity index (χ0n) is 30.4. The highest BCUT2D eigenvalue weighted by molar-refractivity contribution is 6.16. The van der Waals surface area contributed by atoms with Crippen molar-refractivity contribution in [2.45, 2.75) is 0 Å². The van der Waals surface area contributed by atoms with Crippen molar-refractivity contribution in [3.8, 4) is 51.0 Å². The summed E-state index contributed by atoms with van der Waals surface area (Å²) in [4.78, 5) is 14.7. The van der Waals surface area contributed by atoms with E-state index in [0.717, 1.165) is 77.3 Å².